The van der Waals surface area contributed by atoms with Gasteiger partial charge in [0.2, 0.25) is 0 Å². The molecule has 0 aliphatic heterocycles. The van der Waals surface area contributed by atoms with Crippen LogP contribution in [0.15, 0.2) is 24.3 Å². The highest BCUT2D eigenvalue weighted by Crippen LogP contribution is 2.09. The molecule has 0 saturated carbocycles. The zero-order valence-electron chi connectivity index (χ0n) is 8.62. The normalized spacial score (nSPS) is 11.9. The number of nitrogens with zero attached hydrogens (tertiary/aromatic N) is 1. The van der Waals surface area contributed by atoms with E-state index in [1.165, 1.54) is 19.2 Å². The molecule has 0 aliphatic rings. The van der Waals surface area contributed by atoms with Crippen LogP contribution in [-0.2, 0) is 11.2 Å². The van der Waals surface area contributed by atoms with Crippen LogP contribution in [-0.4, -0.2) is 29.3 Å². The van der Waals surface area contributed by atoms with Crippen molar-refractivity contribution in [1.82, 2.24) is 0 Å². The average Bonchev–Trinajstić information content (AvgIpc) is 2.28. The Morgan fingerprint density at radius 1 is 1.62 bits per heavy atom. The fourth-order valence-electron chi connectivity index (χ4n) is 1.23. The van der Waals surface area contributed by atoms with Crippen molar-refractivity contribution < 1.29 is 19.6 Å². The van der Waals surface area contributed by atoms with Crippen LogP contribution in [0.5, 0.6) is 0 Å². The number of hydrogen-bond acceptors (Lipinski definition) is 5. The molecule has 0 radical (unpaired) electrons. The molecule has 86 valence electrons. The maximum atomic E-state index is 11.2. The van der Waals surface area contributed by atoms with Crippen molar-refractivity contribution in [1.29, 1.82) is 0 Å². The summed E-state index contributed by atoms with van der Waals surface area (Å²) in [6.07, 6.45) is -1.80. The molecule has 1 N–H and O–H groups in total. The standard InChI is InChI=1S/C10H11NO5/c1-16-10(13)8-4-2-3-7(5-8)6-9(12)11(14)15/h2-5,9,12H,6H2,1H3. The first-order chi connectivity index (χ1) is 7.54. The number of ether oxygens (including phenoxy) is 1. The van der Waals surface area contributed by atoms with Gasteiger partial charge in [-0.1, -0.05) is 12.1 Å². The SMILES string of the molecule is COC(=O)c1cccc(CC(O)[N+](=O)[O-])c1. The van der Waals surface area contributed by atoms with Crippen molar-refractivity contribution in [3.63, 3.8) is 0 Å². The summed E-state index contributed by atoms with van der Waals surface area (Å²) in [5, 5.41) is 19.3. The summed E-state index contributed by atoms with van der Waals surface area (Å²) in [6.45, 7) is 0. The molecule has 6 nitrogen and oxygen atoms in total. The zero-order chi connectivity index (χ0) is 12.1. The Bertz CT molecular complexity index is 404. The van der Waals surface area contributed by atoms with Crippen LogP contribution in [0.1, 0.15) is 15.9 Å². The Hall–Kier alpha value is -1.95. The second-order valence-electron chi connectivity index (χ2n) is 3.16. The van der Waals surface area contributed by atoms with E-state index in [1.54, 1.807) is 12.1 Å². The molecule has 0 aliphatic carbocycles. The molecule has 0 saturated heterocycles. The molecular weight excluding hydrogens is 214 g/mol. The van der Waals surface area contributed by atoms with Crippen molar-refractivity contribution in [3.8, 4) is 0 Å². The molecule has 0 spiro atoms. The summed E-state index contributed by atoms with van der Waals surface area (Å²) in [6, 6.07) is 6.17. The molecule has 1 aromatic carbocycles. The number of methoxy groups -OCH3 is 1. The van der Waals surface area contributed by atoms with E-state index < -0.39 is 17.1 Å². The summed E-state index contributed by atoms with van der Waals surface area (Å²) in [5.41, 5.74) is 0.808. The minimum absolute atomic E-state index is 0.141. The van der Waals surface area contributed by atoms with Crippen molar-refractivity contribution in [2.24, 2.45) is 0 Å². The van der Waals surface area contributed by atoms with Gasteiger partial charge in [0.05, 0.1) is 24.0 Å². The third kappa shape index (κ3) is 3.03. The second-order valence-corrected chi connectivity index (χ2v) is 3.16. The Morgan fingerprint density at radius 2 is 2.31 bits per heavy atom. The first-order valence-corrected chi connectivity index (χ1v) is 4.53. The first-order valence-electron chi connectivity index (χ1n) is 4.53. The van der Waals surface area contributed by atoms with Crippen LogP contribution in [0.4, 0.5) is 0 Å². The second kappa shape index (κ2) is 5.22. The number of carbonyl (C=O) groups is 1. The Labute approximate surface area is 91.6 Å². The highest BCUT2D eigenvalue weighted by Gasteiger charge is 2.16. The number of carbonyl (C=O) groups excluding carboxylic acids is 1. The van der Waals surface area contributed by atoms with Crippen LogP contribution in [0.25, 0.3) is 0 Å². The fourth-order valence-corrected chi connectivity index (χ4v) is 1.23. The third-order valence-electron chi connectivity index (χ3n) is 2.01. The van der Waals surface area contributed by atoms with Gasteiger partial charge in [-0.05, 0) is 17.7 Å². The molecule has 6 heteroatoms. The maximum Gasteiger partial charge on any atom is 0.337 e. The van der Waals surface area contributed by atoms with Gasteiger partial charge in [-0.15, -0.1) is 0 Å². The molecule has 1 atom stereocenters. The Morgan fingerprint density at radius 3 is 2.88 bits per heavy atom. The molecular formula is C10H11NO5. The van der Waals surface area contributed by atoms with Crippen LogP contribution in [0, 0.1) is 10.1 Å². The van der Waals surface area contributed by atoms with Gasteiger partial charge in [-0.2, -0.15) is 0 Å². The lowest BCUT2D eigenvalue weighted by Gasteiger charge is -2.04. The lowest BCUT2D eigenvalue weighted by atomic mass is 10.1. The quantitative estimate of drug-likeness (QED) is 0.351. The van der Waals surface area contributed by atoms with Crippen LogP contribution in [0.3, 0.4) is 0 Å². The van der Waals surface area contributed by atoms with E-state index in [0.29, 0.717) is 11.1 Å². The lowest BCUT2D eigenvalue weighted by Crippen LogP contribution is -2.21. The van der Waals surface area contributed by atoms with Crippen LogP contribution in [0.2, 0.25) is 0 Å². The summed E-state index contributed by atoms with van der Waals surface area (Å²) in [4.78, 5) is 20.6. The van der Waals surface area contributed by atoms with Gasteiger partial charge < -0.3 is 9.84 Å². The number of benzene rings is 1. The molecule has 0 aromatic heterocycles. The van der Waals surface area contributed by atoms with Crippen molar-refractivity contribution >= 4 is 5.97 Å². The van der Waals surface area contributed by atoms with Crippen molar-refractivity contribution in [2.75, 3.05) is 7.11 Å². The lowest BCUT2D eigenvalue weighted by molar-refractivity contribution is -0.569. The van der Waals surface area contributed by atoms with Gasteiger partial charge in [0.25, 0.3) is 0 Å². The molecule has 1 rings (SSSR count). The van der Waals surface area contributed by atoms with Gasteiger partial charge >= 0.3 is 12.2 Å². The van der Waals surface area contributed by atoms with E-state index in [9.17, 15) is 14.9 Å². The van der Waals surface area contributed by atoms with Crippen LogP contribution < -0.4 is 0 Å². The van der Waals surface area contributed by atoms with E-state index in [4.69, 9.17) is 5.11 Å². The average molecular weight is 225 g/mol. The van der Waals surface area contributed by atoms with Crippen molar-refractivity contribution in [2.45, 2.75) is 12.6 Å². The molecule has 1 unspecified atom stereocenters. The minimum Gasteiger partial charge on any atom is -0.465 e. The molecule has 16 heavy (non-hydrogen) atoms. The summed E-state index contributed by atoms with van der Waals surface area (Å²) in [7, 11) is 1.25. The van der Waals surface area contributed by atoms with Gasteiger partial charge in [0, 0.05) is 0 Å². The topological polar surface area (TPSA) is 89.7 Å². The predicted molar refractivity (Wildman–Crippen MR) is 54.5 cm³/mol. The summed E-state index contributed by atoms with van der Waals surface area (Å²) < 4.78 is 4.51. The minimum atomic E-state index is -1.66. The van der Waals surface area contributed by atoms with Gasteiger partial charge in [0.15, 0.2) is 0 Å². The van der Waals surface area contributed by atoms with E-state index in [1.807, 2.05) is 0 Å². The largest absolute Gasteiger partial charge is 0.465 e. The predicted octanol–water partition coefficient (Wildman–Crippen LogP) is 0.611. The first kappa shape index (κ1) is 12.1. The van der Waals surface area contributed by atoms with E-state index in [0.717, 1.165) is 0 Å². The number of aliphatic hydroxyl groups is 1. The zero-order valence-corrected chi connectivity index (χ0v) is 8.62. The Kier molecular flexibility index (Phi) is 3.96. The number of hydrogen-bond donors (Lipinski definition) is 1. The fraction of sp³-hybridized carbons (Fsp3) is 0.300. The van der Waals surface area contributed by atoms with Gasteiger partial charge in [-0.3, -0.25) is 10.1 Å². The van der Waals surface area contributed by atoms with Crippen molar-refractivity contribution in [3.05, 3.63) is 45.5 Å². The number of esters is 1. The van der Waals surface area contributed by atoms with Gasteiger partial charge in [-0.25, -0.2) is 4.79 Å². The maximum absolute atomic E-state index is 11.2. The number of rotatable bonds is 4. The molecule has 0 amide bonds. The summed E-state index contributed by atoms with van der Waals surface area (Å²) in [5.74, 6) is -0.516. The van der Waals surface area contributed by atoms with E-state index >= 15 is 0 Å². The third-order valence-corrected chi connectivity index (χ3v) is 2.01. The number of nitro groups is 1. The molecule has 0 heterocycles. The Balaban J connectivity index is 2.82. The van der Waals surface area contributed by atoms with E-state index in [2.05, 4.69) is 4.74 Å². The van der Waals surface area contributed by atoms with Gasteiger partial charge in [0.1, 0.15) is 0 Å². The summed E-state index contributed by atoms with van der Waals surface area (Å²) >= 11 is 0. The smallest absolute Gasteiger partial charge is 0.337 e. The molecule has 0 bridgehead atoms. The van der Waals surface area contributed by atoms with Crippen LogP contribution >= 0.6 is 0 Å². The highest BCUT2D eigenvalue weighted by atomic mass is 16.7. The molecule has 0 fully saturated rings. The highest BCUT2D eigenvalue weighted by molar-refractivity contribution is 5.89. The number of aliphatic hydroxyl groups excluding tert-OH is 1. The molecule has 1 aromatic rings. The van der Waals surface area contributed by atoms with E-state index in [-0.39, 0.29) is 6.42 Å². The monoisotopic (exact) mass is 225 g/mol.